The molecule has 308 valence electrons. The fraction of sp³-hybridized carbons (Fsp3) is 0.814. The first kappa shape index (κ1) is 49.2. The van der Waals surface area contributed by atoms with E-state index in [1.807, 2.05) is 6.08 Å². The first-order chi connectivity index (χ1) is 25.7. The predicted molar refractivity (Wildman–Crippen MR) is 216 cm³/mol. The summed E-state index contributed by atoms with van der Waals surface area (Å²) in [4.78, 5) is 42.9. The normalized spacial score (nSPS) is 16.6. The van der Waals surface area contributed by atoms with Crippen LogP contribution in [0, 0.1) is 0 Å². The van der Waals surface area contributed by atoms with E-state index >= 15 is 0 Å². The number of rotatable bonds is 38. The van der Waals surface area contributed by atoms with E-state index in [-0.39, 0.29) is 19.4 Å². The van der Waals surface area contributed by atoms with E-state index < -0.39 is 32.5 Å². The molecule has 0 saturated carbocycles. The van der Waals surface area contributed by atoms with E-state index in [2.05, 4.69) is 48.8 Å². The van der Waals surface area contributed by atoms with Crippen LogP contribution in [0.25, 0.3) is 0 Å². The van der Waals surface area contributed by atoms with Gasteiger partial charge in [0.1, 0.15) is 6.61 Å². The van der Waals surface area contributed by atoms with E-state index in [1.54, 1.807) is 0 Å². The number of carbonyl (C=O) groups excluding carboxylic acids is 2. The number of phosphoric acid groups is 1. The van der Waals surface area contributed by atoms with Crippen molar-refractivity contribution < 1.29 is 42.7 Å². The molecule has 3 atom stereocenters. The van der Waals surface area contributed by atoms with Crippen LogP contribution in [0.2, 0.25) is 0 Å². The fourth-order valence-corrected chi connectivity index (χ4v) is 6.64. The summed E-state index contributed by atoms with van der Waals surface area (Å²) in [6, 6.07) is 0. The molecule has 9 nitrogen and oxygen atoms in total. The molecule has 1 fully saturated rings. The summed E-state index contributed by atoms with van der Waals surface area (Å²) in [5.41, 5.74) is 0. The molecule has 0 amide bonds. The van der Waals surface area contributed by atoms with Crippen LogP contribution < -0.4 is 0 Å². The quantitative estimate of drug-likeness (QED) is 0.0207. The number of hydrogen-bond acceptors (Lipinski definition) is 7. The predicted octanol–water partition coefficient (Wildman–Crippen LogP) is 11.9. The Morgan fingerprint density at radius 3 is 1.66 bits per heavy atom. The van der Waals surface area contributed by atoms with Crippen LogP contribution in [0.3, 0.4) is 0 Å². The van der Waals surface area contributed by atoms with Gasteiger partial charge in [0.15, 0.2) is 6.10 Å². The summed E-state index contributed by atoms with van der Waals surface area (Å²) in [6.45, 7) is 3.62. The van der Waals surface area contributed by atoms with Crippen molar-refractivity contribution >= 4 is 19.8 Å². The highest BCUT2D eigenvalue weighted by atomic mass is 31.2. The van der Waals surface area contributed by atoms with Crippen LogP contribution in [0.4, 0.5) is 0 Å². The summed E-state index contributed by atoms with van der Waals surface area (Å²) in [6.07, 6.45) is 43.3. The lowest BCUT2D eigenvalue weighted by molar-refractivity contribution is -0.161. The van der Waals surface area contributed by atoms with Gasteiger partial charge in [0, 0.05) is 12.8 Å². The molecule has 1 saturated heterocycles. The van der Waals surface area contributed by atoms with E-state index in [9.17, 15) is 14.2 Å². The van der Waals surface area contributed by atoms with Crippen LogP contribution in [-0.4, -0.2) is 53.3 Å². The van der Waals surface area contributed by atoms with Crippen LogP contribution in [0.1, 0.15) is 194 Å². The van der Waals surface area contributed by atoms with E-state index in [4.69, 9.17) is 24.0 Å². The Kier molecular flexibility index (Phi) is 32.2. The van der Waals surface area contributed by atoms with Gasteiger partial charge in [0.25, 0.3) is 0 Å². The third-order valence-corrected chi connectivity index (χ3v) is 10.1. The molecule has 1 rings (SSSR count). The lowest BCUT2D eigenvalue weighted by atomic mass is 10.0. The standard InChI is InChI=1S/C43H77O9P/c1-3-5-7-8-9-10-11-12-13-14-15-16-17-22-25-28-32-36-43(45)51-39(38-50-53(46,47)48)37-49-42(44)35-31-27-24-21-19-18-20-23-26-30-34-41-40(52-41)33-29-6-4-2/h18,20-21,24,26,30,39-41H,3-17,19,22-23,25,27-29,31-38H2,1-2H3,(H2,46,47,48)/b20-18-,24-21-,30-26-/t39-,40?,41?/m1/s1. The van der Waals surface area contributed by atoms with E-state index in [1.165, 1.54) is 109 Å². The molecule has 2 unspecified atom stereocenters. The molecular weight excluding hydrogens is 691 g/mol. The van der Waals surface area contributed by atoms with Gasteiger partial charge in [0.05, 0.1) is 18.8 Å². The molecule has 1 aliphatic rings. The van der Waals surface area contributed by atoms with Gasteiger partial charge in [-0.1, -0.05) is 172 Å². The van der Waals surface area contributed by atoms with Gasteiger partial charge in [-0.3, -0.25) is 14.1 Å². The van der Waals surface area contributed by atoms with Crippen LogP contribution in [-0.2, 0) is 32.9 Å². The zero-order valence-corrected chi connectivity index (χ0v) is 34.5. The van der Waals surface area contributed by atoms with Crippen molar-refractivity contribution in [2.75, 3.05) is 13.2 Å². The summed E-state index contributed by atoms with van der Waals surface area (Å²) in [5.74, 6) is -0.949. The number of epoxide rings is 1. The maximum atomic E-state index is 12.4. The maximum Gasteiger partial charge on any atom is 0.469 e. The Bertz CT molecular complexity index is 1020. The van der Waals surface area contributed by atoms with Crippen molar-refractivity contribution in [1.82, 2.24) is 0 Å². The number of unbranched alkanes of at least 4 members (excludes halogenated alkanes) is 19. The van der Waals surface area contributed by atoms with Gasteiger partial charge in [0.2, 0.25) is 0 Å². The molecule has 2 N–H and O–H groups in total. The first-order valence-corrected chi connectivity index (χ1v) is 22.9. The molecule has 0 bridgehead atoms. The van der Waals surface area contributed by atoms with Crippen LogP contribution >= 0.6 is 7.82 Å². The third-order valence-electron chi connectivity index (χ3n) is 9.59. The third kappa shape index (κ3) is 34.5. The Hall–Kier alpha value is -1.77. The minimum Gasteiger partial charge on any atom is -0.462 e. The Labute approximate surface area is 323 Å². The van der Waals surface area contributed by atoms with Gasteiger partial charge >= 0.3 is 19.8 Å². The second-order valence-corrected chi connectivity index (χ2v) is 15.9. The first-order valence-electron chi connectivity index (χ1n) is 21.4. The SMILES string of the molecule is CCCCCCCCCCCCCCCCCCCC(=O)O[C@H](COC(=O)CCC/C=C\C/C=C\C/C=C\CC1OC1CCCCC)COP(=O)(O)O. The van der Waals surface area contributed by atoms with Gasteiger partial charge in [-0.2, -0.15) is 0 Å². The fourth-order valence-electron chi connectivity index (χ4n) is 6.28. The van der Waals surface area contributed by atoms with Crippen molar-refractivity contribution in [1.29, 1.82) is 0 Å². The second-order valence-electron chi connectivity index (χ2n) is 14.7. The lowest BCUT2D eigenvalue weighted by Gasteiger charge is -2.18. The molecule has 0 spiro atoms. The zero-order valence-electron chi connectivity index (χ0n) is 33.6. The van der Waals surface area contributed by atoms with Gasteiger partial charge in [-0.15, -0.1) is 0 Å². The average molecular weight is 769 g/mol. The van der Waals surface area contributed by atoms with Gasteiger partial charge in [-0.25, -0.2) is 4.57 Å². The molecule has 10 heteroatoms. The van der Waals surface area contributed by atoms with Crippen LogP contribution in [0.15, 0.2) is 36.5 Å². The van der Waals surface area contributed by atoms with Crippen molar-refractivity contribution in [3.05, 3.63) is 36.5 Å². The number of allylic oxidation sites excluding steroid dienone is 5. The van der Waals surface area contributed by atoms with Gasteiger partial charge in [-0.05, 0) is 44.9 Å². The van der Waals surface area contributed by atoms with E-state index in [0.717, 1.165) is 44.9 Å². The molecule has 1 heterocycles. The van der Waals surface area contributed by atoms with Crippen molar-refractivity contribution in [2.24, 2.45) is 0 Å². The molecule has 0 aromatic heterocycles. The van der Waals surface area contributed by atoms with Crippen molar-refractivity contribution in [2.45, 2.75) is 212 Å². The molecule has 0 radical (unpaired) electrons. The Morgan fingerprint density at radius 1 is 0.604 bits per heavy atom. The van der Waals surface area contributed by atoms with E-state index in [0.29, 0.717) is 25.0 Å². The number of ether oxygens (including phenoxy) is 3. The minimum absolute atomic E-state index is 0.189. The summed E-state index contributed by atoms with van der Waals surface area (Å²) in [7, 11) is -4.77. The number of esters is 2. The Balaban J connectivity index is 2.08. The van der Waals surface area contributed by atoms with Gasteiger partial charge < -0.3 is 24.0 Å². The number of phosphoric ester groups is 1. The molecule has 1 aliphatic heterocycles. The minimum atomic E-state index is -4.77. The van der Waals surface area contributed by atoms with Crippen molar-refractivity contribution in [3.8, 4) is 0 Å². The zero-order chi connectivity index (χ0) is 38.7. The highest BCUT2D eigenvalue weighted by Crippen LogP contribution is 2.36. The smallest absolute Gasteiger partial charge is 0.462 e. The van der Waals surface area contributed by atoms with Crippen LogP contribution in [0.5, 0.6) is 0 Å². The highest BCUT2D eigenvalue weighted by molar-refractivity contribution is 7.46. The second kappa shape index (κ2) is 34.7. The Morgan fingerprint density at radius 2 is 1.09 bits per heavy atom. The molecule has 0 aromatic carbocycles. The summed E-state index contributed by atoms with van der Waals surface area (Å²) < 4.78 is 32.1. The monoisotopic (exact) mass is 769 g/mol. The highest BCUT2D eigenvalue weighted by Gasteiger charge is 2.36. The topological polar surface area (TPSA) is 132 Å². The average Bonchev–Trinajstić information content (AvgIpc) is 3.88. The summed E-state index contributed by atoms with van der Waals surface area (Å²) in [5, 5.41) is 0. The molecule has 53 heavy (non-hydrogen) atoms. The largest absolute Gasteiger partial charge is 0.469 e. The molecular formula is C43H77O9P. The maximum absolute atomic E-state index is 12.4. The van der Waals surface area contributed by atoms with Crippen molar-refractivity contribution in [3.63, 3.8) is 0 Å². The number of hydrogen-bond donors (Lipinski definition) is 2. The molecule has 0 aromatic rings. The molecule has 0 aliphatic carbocycles. The summed E-state index contributed by atoms with van der Waals surface area (Å²) >= 11 is 0. The lowest BCUT2D eigenvalue weighted by Crippen LogP contribution is -2.29. The number of carbonyl (C=O) groups is 2.